The van der Waals surface area contributed by atoms with Crippen LogP contribution in [-0.4, -0.2) is 18.1 Å². The van der Waals surface area contributed by atoms with Crippen molar-refractivity contribution in [3.05, 3.63) is 23.6 Å². The van der Waals surface area contributed by atoms with E-state index in [0.717, 1.165) is 17.9 Å². The van der Waals surface area contributed by atoms with Crippen LogP contribution in [0.1, 0.15) is 6.42 Å². The molecule has 0 radical (unpaired) electrons. The third-order valence-corrected chi connectivity index (χ3v) is 1.93. The molecule has 1 heterocycles. The van der Waals surface area contributed by atoms with E-state index >= 15 is 0 Å². The Balaban J connectivity index is 2.20. The molecular weight excluding hydrogens is 174 g/mol. The minimum Gasteiger partial charge on any atom is -0.469 e. The Morgan fingerprint density at radius 2 is 2.50 bits per heavy atom. The van der Waals surface area contributed by atoms with E-state index in [-0.39, 0.29) is 6.10 Å². The summed E-state index contributed by atoms with van der Waals surface area (Å²) in [6.45, 7) is 0.346. The second kappa shape index (κ2) is 3.19. The van der Waals surface area contributed by atoms with E-state index in [1.165, 1.54) is 0 Å². The monoisotopic (exact) mass is 181 g/mol. The van der Waals surface area contributed by atoms with Gasteiger partial charge in [-0.05, 0) is 24.4 Å². The van der Waals surface area contributed by atoms with Crippen molar-refractivity contribution in [3.63, 3.8) is 0 Å². The Hall–Kier alpha value is -0.960. The Morgan fingerprint density at radius 3 is 3.33 bits per heavy atom. The molecule has 2 rings (SSSR count). The van der Waals surface area contributed by atoms with E-state index in [0.29, 0.717) is 6.79 Å². The number of aliphatic imine (C=N–C) groups is 1. The van der Waals surface area contributed by atoms with E-state index < -0.39 is 0 Å². The average Bonchev–Trinajstić information content (AvgIpc) is 2.51. The molecule has 62 valence electrons. The summed E-state index contributed by atoms with van der Waals surface area (Å²) in [5, 5.41) is 2.33. The highest BCUT2D eigenvalue weighted by Gasteiger charge is 2.26. The van der Waals surface area contributed by atoms with Gasteiger partial charge in [0.05, 0.1) is 10.9 Å². The van der Waals surface area contributed by atoms with Gasteiger partial charge in [0.15, 0.2) is 6.79 Å². The minimum atomic E-state index is 0.0390. The summed E-state index contributed by atoms with van der Waals surface area (Å²) in [4.78, 5) is 3.89. The number of hydrogen-bond donors (Lipinski definition) is 0. The van der Waals surface area contributed by atoms with Crippen molar-refractivity contribution in [3.8, 4) is 0 Å². The van der Waals surface area contributed by atoms with Crippen LogP contribution in [-0.2, 0) is 9.47 Å². The zero-order chi connectivity index (χ0) is 8.39. The summed E-state index contributed by atoms with van der Waals surface area (Å²) >= 11 is 4.50. The van der Waals surface area contributed by atoms with Gasteiger partial charge in [0.1, 0.15) is 11.9 Å². The van der Waals surface area contributed by atoms with E-state index in [9.17, 15) is 0 Å². The molecule has 0 amide bonds. The maximum Gasteiger partial charge on any atom is 0.189 e. The topological polar surface area (TPSA) is 30.8 Å². The maximum atomic E-state index is 5.28. The molecule has 0 aromatic rings. The Bertz CT molecular complexity index is 302. The van der Waals surface area contributed by atoms with Gasteiger partial charge in [-0.25, -0.2) is 0 Å². The second-order valence-electron chi connectivity index (χ2n) is 2.55. The van der Waals surface area contributed by atoms with Crippen molar-refractivity contribution in [1.29, 1.82) is 0 Å². The van der Waals surface area contributed by atoms with Crippen LogP contribution in [0.25, 0.3) is 0 Å². The molecule has 0 N–H and O–H groups in total. The van der Waals surface area contributed by atoms with Gasteiger partial charge < -0.3 is 9.47 Å². The molecule has 3 nitrogen and oxygen atoms in total. The summed E-state index contributed by atoms with van der Waals surface area (Å²) < 4.78 is 10.5. The lowest BCUT2D eigenvalue weighted by atomic mass is 10.1. The molecular formula is C8H7NO2S. The molecule has 1 saturated heterocycles. The van der Waals surface area contributed by atoms with Crippen LogP contribution in [0.15, 0.2) is 28.6 Å². The molecule has 4 heteroatoms. The zero-order valence-electron chi connectivity index (χ0n) is 6.32. The fourth-order valence-electron chi connectivity index (χ4n) is 1.25. The van der Waals surface area contributed by atoms with E-state index in [4.69, 9.17) is 9.47 Å². The van der Waals surface area contributed by atoms with Gasteiger partial charge >= 0.3 is 0 Å². The number of thiocarbonyl (C=S) groups is 1. The molecule has 2 aliphatic rings. The molecule has 12 heavy (non-hydrogen) atoms. The van der Waals surface area contributed by atoms with Crippen molar-refractivity contribution in [2.24, 2.45) is 4.99 Å². The van der Waals surface area contributed by atoms with Gasteiger partial charge in [0.2, 0.25) is 0 Å². The number of fused-ring (bicyclic) bond motifs is 1. The third kappa shape index (κ3) is 1.32. The van der Waals surface area contributed by atoms with Crippen LogP contribution in [0.3, 0.4) is 0 Å². The predicted molar refractivity (Wildman–Crippen MR) is 46.6 cm³/mol. The Labute approximate surface area is 75.4 Å². The lowest BCUT2D eigenvalue weighted by Crippen LogP contribution is -2.10. The second-order valence-corrected chi connectivity index (χ2v) is 2.73. The quantitative estimate of drug-likeness (QED) is 0.455. The van der Waals surface area contributed by atoms with Crippen molar-refractivity contribution in [1.82, 2.24) is 0 Å². The molecule has 0 saturated carbocycles. The molecule has 0 aromatic carbocycles. The first-order valence-corrected chi connectivity index (χ1v) is 4.04. The van der Waals surface area contributed by atoms with E-state index in [1.807, 2.05) is 12.2 Å². The number of nitrogens with zero attached hydrogens (tertiary/aromatic N) is 1. The number of isothiocyanates is 1. The van der Waals surface area contributed by atoms with Gasteiger partial charge in [-0.1, -0.05) is 0 Å². The summed E-state index contributed by atoms with van der Waals surface area (Å²) in [5.41, 5.74) is 0.893. The van der Waals surface area contributed by atoms with Crippen LogP contribution in [0.4, 0.5) is 0 Å². The lowest BCUT2D eigenvalue weighted by molar-refractivity contribution is 0.0501. The van der Waals surface area contributed by atoms with Crippen molar-refractivity contribution in [2.75, 3.05) is 6.79 Å². The Morgan fingerprint density at radius 1 is 1.58 bits per heavy atom. The summed E-state index contributed by atoms with van der Waals surface area (Å²) in [6.07, 6.45) is 4.51. The first kappa shape index (κ1) is 7.68. The Kier molecular flexibility index (Phi) is 2.04. The normalized spacial score (nSPS) is 26.2. The first-order valence-electron chi connectivity index (χ1n) is 3.63. The van der Waals surface area contributed by atoms with E-state index in [1.54, 1.807) is 0 Å². The number of rotatable bonds is 1. The molecule has 0 aromatic heterocycles. The molecule has 1 unspecified atom stereocenters. The van der Waals surface area contributed by atoms with Gasteiger partial charge in [0.25, 0.3) is 0 Å². The fraction of sp³-hybridized carbons (Fsp3) is 0.375. The smallest absolute Gasteiger partial charge is 0.189 e. The zero-order valence-corrected chi connectivity index (χ0v) is 7.13. The summed E-state index contributed by atoms with van der Waals surface area (Å²) in [5.74, 6) is 0.887. The van der Waals surface area contributed by atoms with Crippen LogP contribution in [0.2, 0.25) is 0 Å². The molecule has 0 spiro atoms. The largest absolute Gasteiger partial charge is 0.469 e. The highest BCUT2D eigenvalue weighted by molar-refractivity contribution is 7.78. The summed E-state index contributed by atoms with van der Waals surface area (Å²) in [7, 11) is 0. The van der Waals surface area contributed by atoms with Crippen LogP contribution < -0.4 is 0 Å². The van der Waals surface area contributed by atoms with Crippen molar-refractivity contribution < 1.29 is 9.47 Å². The van der Waals surface area contributed by atoms with Gasteiger partial charge in [0, 0.05) is 6.42 Å². The minimum absolute atomic E-state index is 0.0390. The van der Waals surface area contributed by atoms with Crippen molar-refractivity contribution >= 4 is 17.4 Å². The van der Waals surface area contributed by atoms with Gasteiger partial charge in [-0.15, -0.1) is 0 Å². The predicted octanol–water partition coefficient (Wildman–Crippen LogP) is 1.63. The van der Waals surface area contributed by atoms with Crippen LogP contribution >= 0.6 is 12.2 Å². The standard InChI is InChI=1S/C8H7NO2S/c12-4-9-6-1-2-7-8(3-6)11-5-10-7/h1-2,8H,3,5H2. The lowest BCUT2D eigenvalue weighted by Gasteiger charge is -2.11. The average molecular weight is 181 g/mol. The molecule has 1 atom stereocenters. The van der Waals surface area contributed by atoms with Gasteiger partial charge in [-0.3, -0.25) is 0 Å². The van der Waals surface area contributed by atoms with Gasteiger partial charge in [-0.2, -0.15) is 4.99 Å². The highest BCUT2D eigenvalue weighted by atomic mass is 32.1. The summed E-state index contributed by atoms with van der Waals surface area (Å²) in [6, 6.07) is 0. The number of ether oxygens (including phenoxy) is 2. The SMILES string of the molecule is S=C=NC1=CC=C2OCOC2C1. The third-order valence-electron chi connectivity index (χ3n) is 1.84. The number of hydrogen-bond acceptors (Lipinski definition) is 4. The van der Waals surface area contributed by atoms with Crippen molar-refractivity contribution in [2.45, 2.75) is 12.5 Å². The van der Waals surface area contributed by atoms with Crippen LogP contribution in [0.5, 0.6) is 0 Å². The highest BCUT2D eigenvalue weighted by Crippen LogP contribution is 2.27. The van der Waals surface area contributed by atoms with Crippen LogP contribution in [0, 0.1) is 0 Å². The maximum absolute atomic E-state index is 5.28. The molecule has 1 fully saturated rings. The molecule has 0 bridgehead atoms. The van der Waals surface area contributed by atoms with E-state index in [2.05, 4.69) is 22.4 Å². The molecule has 1 aliphatic carbocycles. The number of allylic oxidation sites excluding steroid dienone is 2. The fourth-order valence-corrected chi connectivity index (χ4v) is 1.37. The molecule has 1 aliphatic heterocycles. The first-order chi connectivity index (χ1) is 5.90.